The number of rotatable bonds is 8. The van der Waals surface area contributed by atoms with Crippen molar-refractivity contribution >= 4 is 11.7 Å². The summed E-state index contributed by atoms with van der Waals surface area (Å²) >= 11 is 0. The highest BCUT2D eigenvalue weighted by Gasteiger charge is 2.06. The summed E-state index contributed by atoms with van der Waals surface area (Å²) < 4.78 is 11.3. The number of ether oxygens (including phenoxy) is 2. The summed E-state index contributed by atoms with van der Waals surface area (Å²) in [5, 5.41) is 26.7. The van der Waals surface area contributed by atoms with Crippen LogP contribution in [-0.2, 0) is 22.4 Å². The van der Waals surface area contributed by atoms with Crippen molar-refractivity contribution in [1.82, 2.24) is 0 Å². The van der Waals surface area contributed by atoms with Crippen molar-refractivity contribution in [3.05, 3.63) is 118 Å². The summed E-state index contributed by atoms with van der Waals surface area (Å²) in [7, 11) is 0. The molecule has 1 amide bonds. The lowest BCUT2D eigenvalue weighted by Crippen LogP contribution is -2.13. The van der Waals surface area contributed by atoms with Crippen LogP contribution in [0.1, 0.15) is 40.3 Å². The van der Waals surface area contributed by atoms with Crippen molar-refractivity contribution < 1.29 is 19.1 Å². The Hall–Kier alpha value is -5.91. The monoisotopic (exact) mass is 542 g/mol. The lowest BCUT2D eigenvalue weighted by atomic mass is 10.1. The van der Waals surface area contributed by atoms with Gasteiger partial charge < -0.3 is 15.2 Å². The molecule has 2 N–H and O–H groups in total. The van der Waals surface area contributed by atoms with E-state index in [0.29, 0.717) is 40.5 Å². The van der Waals surface area contributed by atoms with Gasteiger partial charge in [0.1, 0.15) is 40.9 Å². The van der Waals surface area contributed by atoms with Crippen LogP contribution in [0.15, 0.2) is 84.9 Å². The molecule has 0 heterocycles. The standard InChI is InChI=1S/C17H15NO2.C16H11N3O2/c1-12-9-17(8-5-15(12)11-18)20-16-6-3-14(4-7-16)10-13(2)19;17-9-12-3-6-15(8-13(12)10-18)21-14-4-1-11(2-5-14)7-16(19)20/h3-9H,10H2,1-2H3;1-6,8H,7H2,(H2,19,20). The highest BCUT2D eigenvalue weighted by molar-refractivity contribution is 5.78. The van der Waals surface area contributed by atoms with Crippen molar-refractivity contribution in [2.75, 3.05) is 0 Å². The zero-order valence-corrected chi connectivity index (χ0v) is 22.5. The van der Waals surface area contributed by atoms with Crippen LogP contribution < -0.4 is 15.2 Å². The molecule has 0 bridgehead atoms. The maximum Gasteiger partial charge on any atom is 0.221 e. The predicted octanol–water partition coefficient (Wildman–Crippen LogP) is 6.04. The van der Waals surface area contributed by atoms with E-state index in [4.69, 9.17) is 31.0 Å². The zero-order valence-electron chi connectivity index (χ0n) is 22.5. The van der Waals surface area contributed by atoms with Crippen LogP contribution in [0.2, 0.25) is 0 Å². The molecular weight excluding hydrogens is 516 g/mol. The Morgan fingerprint density at radius 2 is 1.07 bits per heavy atom. The van der Waals surface area contributed by atoms with Crippen LogP contribution in [0.5, 0.6) is 23.0 Å². The minimum absolute atomic E-state index is 0.140. The molecule has 202 valence electrons. The number of carbonyl (C=O) groups excluding carboxylic acids is 2. The fourth-order valence-electron chi connectivity index (χ4n) is 3.71. The number of ketones is 1. The number of nitrogens with two attached hydrogens (primary N) is 1. The first kappa shape index (κ1) is 29.6. The summed E-state index contributed by atoms with van der Waals surface area (Å²) in [6, 6.07) is 30.4. The van der Waals surface area contributed by atoms with E-state index in [1.165, 1.54) is 12.1 Å². The number of hydrogen-bond donors (Lipinski definition) is 1. The van der Waals surface area contributed by atoms with Crippen LogP contribution in [-0.4, -0.2) is 11.7 Å². The van der Waals surface area contributed by atoms with Crippen molar-refractivity contribution in [3.63, 3.8) is 0 Å². The fraction of sp³-hybridized carbons (Fsp3) is 0.121. The van der Waals surface area contributed by atoms with Gasteiger partial charge in [0.2, 0.25) is 5.91 Å². The fourth-order valence-corrected chi connectivity index (χ4v) is 3.71. The van der Waals surface area contributed by atoms with Gasteiger partial charge >= 0.3 is 0 Å². The van der Waals surface area contributed by atoms with E-state index in [1.807, 2.05) is 49.4 Å². The maximum absolute atomic E-state index is 11.0. The molecule has 0 aromatic heterocycles. The van der Waals surface area contributed by atoms with Gasteiger partial charge in [0.05, 0.1) is 29.2 Å². The Balaban J connectivity index is 0.000000226. The molecule has 0 fully saturated rings. The smallest absolute Gasteiger partial charge is 0.221 e. The molecule has 41 heavy (non-hydrogen) atoms. The number of Topliss-reactive ketones (excluding diaryl/α,β-unsaturated/α-hetero) is 1. The first-order valence-corrected chi connectivity index (χ1v) is 12.5. The van der Waals surface area contributed by atoms with Gasteiger partial charge in [-0.25, -0.2) is 0 Å². The lowest BCUT2D eigenvalue weighted by molar-refractivity contribution is -0.117. The molecular formula is C33H26N4O4. The first-order chi connectivity index (χ1) is 19.7. The van der Waals surface area contributed by atoms with Gasteiger partial charge in [0.15, 0.2) is 0 Å². The summed E-state index contributed by atoms with van der Waals surface area (Å²) in [5.74, 6) is 2.18. The number of aryl methyl sites for hydroxylation is 1. The average molecular weight is 543 g/mol. The Bertz CT molecular complexity index is 1670. The second-order valence-corrected chi connectivity index (χ2v) is 9.03. The quantitative estimate of drug-likeness (QED) is 0.285. The average Bonchev–Trinajstić information content (AvgIpc) is 2.95. The Kier molecular flexibility index (Phi) is 10.3. The summed E-state index contributed by atoms with van der Waals surface area (Å²) in [4.78, 5) is 21.8. The molecule has 0 aliphatic heterocycles. The van der Waals surface area contributed by atoms with Gasteiger partial charge in [-0.2, -0.15) is 15.8 Å². The van der Waals surface area contributed by atoms with Crippen LogP contribution in [0.4, 0.5) is 0 Å². The first-order valence-electron chi connectivity index (χ1n) is 12.5. The molecule has 0 unspecified atom stereocenters. The second kappa shape index (κ2) is 14.3. The third-order valence-corrected chi connectivity index (χ3v) is 5.70. The van der Waals surface area contributed by atoms with E-state index in [1.54, 1.807) is 49.4 Å². The molecule has 4 aromatic carbocycles. The topological polar surface area (TPSA) is 150 Å². The zero-order chi connectivity index (χ0) is 29.8. The van der Waals surface area contributed by atoms with Crippen LogP contribution in [0.3, 0.4) is 0 Å². The van der Waals surface area contributed by atoms with E-state index < -0.39 is 5.91 Å². The van der Waals surface area contributed by atoms with Crippen LogP contribution in [0, 0.1) is 40.9 Å². The minimum Gasteiger partial charge on any atom is -0.457 e. The Morgan fingerprint density at radius 3 is 1.51 bits per heavy atom. The van der Waals surface area contributed by atoms with E-state index >= 15 is 0 Å². The third kappa shape index (κ3) is 9.11. The van der Waals surface area contributed by atoms with Gasteiger partial charge in [-0.15, -0.1) is 0 Å². The number of benzene rings is 4. The molecule has 8 heteroatoms. The number of hydrogen-bond acceptors (Lipinski definition) is 7. The maximum atomic E-state index is 11.0. The molecule has 0 aliphatic carbocycles. The number of carbonyl (C=O) groups is 2. The molecule has 0 spiro atoms. The highest BCUT2D eigenvalue weighted by Crippen LogP contribution is 2.25. The number of primary amides is 1. The van der Waals surface area contributed by atoms with Gasteiger partial charge in [0.25, 0.3) is 0 Å². The SMILES string of the molecule is CC(=O)Cc1ccc(Oc2ccc(C#N)c(C)c2)cc1.N#Cc1ccc(Oc2ccc(CC(N)=O)cc2)cc1C#N. The second-order valence-electron chi connectivity index (χ2n) is 9.03. The van der Waals surface area contributed by atoms with Crippen molar-refractivity contribution in [2.24, 2.45) is 5.73 Å². The van der Waals surface area contributed by atoms with Crippen molar-refractivity contribution in [3.8, 4) is 41.2 Å². The van der Waals surface area contributed by atoms with Gasteiger partial charge in [-0.05, 0) is 91.2 Å². The van der Waals surface area contributed by atoms with E-state index in [-0.39, 0.29) is 17.8 Å². The van der Waals surface area contributed by atoms with Crippen molar-refractivity contribution in [2.45, 2.75) is 26.7 Å². The highest BCUT2D eigenvalue weighted by atomic mass is 16.5. The van der Waals surface area contributed by atoms with Crippen LogP contribution in [0.25, 0.3) is 0 Å². The summed E-state index contributed by atoms with van der Waals surface area (Å²) in [5.41, 5.74) is 9.00. The van der Waals surface area contributed by atoms with E-state index in [9.17, 15) is 9.59 Å². The van der Waals surface area contributed by atoms with E-state index in [2.05, 4.69) is 6.07 Å². The van der Waals surface area contributed by atoms with Crippen molar-refractivity contribution in [1.29, 1.82) is 15.8 Å². The molecule has 8 nitrogen and oxygen atoms in total. The molecule has 0 aliphatic rings. The largest absolute Gasteiger partial charge is 0.457 e. The minimum atomic E-state index is -0.394. The van der Waals surface area contributed by atoms with Gasteiger partial charge in [-0.1, -0.05) is 24.3 Å². The van der Waals surface area contributed by atoms with Gasteiger partial charge in [0, 0.05) is 6.42 Å². The summed E-state index contributed by atoms with van der Waals surface area (Å²) in [6.07, 6.45) is 0.617. The normalized spacial score (nSPS) is 9.63. The summed E-state index contributed by atoms with van der Waals surface area (Å²) in [6.45, 7) is 3.45. The number of nitriles is 3. The lowest BCUT2D eigenvalue weighted by Gasteiger charge is -2.08. The van der Waals surface area contributed by atoms with E-state index in [0.717, 1.165) is 16.7 Å². The van der Waals surface area contributed by atoms with Crippen LogP contribution >= 0.6 is 0 Å². The Labute approximate surface area is 238 Å². The molecule has 0 radical (unpaired) electrons. The number of amides is 1. The molecule has 0 saturated heterocycles. The Morgan fingerprint density at radius 1 is 0.634 bits per heavy atom. The van der Waals surface area contributed by atoms with Gasteiger partial charge in [-0.3, -0.25) is 9.59 Å². The molecule has 0 saturated carbocycles. The third-order valence-electron chi connectivity index (χ3n) is 5.70. The molecule has 4 rings (SSSR count). The molecule has 4 aromatic rings. The predicted molar refractivity (Wildman–Crippen MR) is 152 cm³/mol. The molecule has 0 atom stereocenters. The number of nitrogens with zero attached hydrogens (tertiary/aromatic N) is 3.